The molecule has 1 aromatic carbocycles. The highest BCUT2D eigenvalue weighted by atomic mass is 35.5. The molecule has 0 fully saturated rings. The Kier molecular flexibility index (Phi) is 5.66. The van der Waals surface area contributed by atoms with Crippen LogP contribution in [0.5, 0.6) is 0 Å². The highest BCUT2D eigenvalue weighted by molar-refractivity contribution is 6.42. The summed E-state index contributed by atoms with van der Waals surface area (Å²) in [5, 5.41) is 3.40. The fourth-order valence-corrected chi connectivity index (χ4v) is 1.46. The number of methoxy groups -OCH3 is 2. The standard InChI is InChI=1S/C12H11Cl2NO4/c1-18-11(16)6-10(12(17)19-2)15-7-3-4-8(13)9(14)5-7/h3-6,15H,1-2H3/b10-6+. The van der Waals surface area contributed by atoms with E-state index in [0.29, 0.717) is 15.7 Å². The SMILES string of the molecule is COC(=O)/C=C(/Nc1ccc(Cl)c(Cl)c1)C(=O)OC. The Balaban J connectivity index is 3.00. The van der Waals surface area contributed by atoms with Crippen molar-refractivity contribution in [3.8, 4) is 0 Å². The Morgan fingerprint density at radius 3 is 2.37 bits per heavy atom. The zero-order valence-corrected chi connectivity index (χ0v) is 11.7. The van der Waals surface area contributed by atoms with Crippen LogP contribution in [0.15, 0.2) is 30.0 Å². The predicted molar refractivity (Wildman–Crippen MR) is 72.2 cm³/mol. The number of ether oxygens (including phenoxy) is 2. The van der Waals surface area contributed by atoms with Crippen LogP contribution in [0.4, 0.5) is 5.69 Å². The van der Waals surface area contributed by atoms with Gasteiger partial charge in [0.2, 0.25) is 0 Å². The highest BCUT2D eigenvalue weighted by Gasteiger charge is 2.13. The molecule has 0 saturated heterocycles. The molecule has 1 rings (SSSR count). The summed E-state index contributed by atoms with van der Waals surface area (Å²) in [5.74, 6) is -1.40. The van der Waals surface area contributed by atoms with Gasteiger partial charge in [0.15, 0.2) is 0 Å². The van der Waals surface area contributed by atoms with Gasteiger partial charge in [-0.05, 0) is 18.2 Å². The van der Waals surface area contributed by atoms with Gasteiger partial charge >= 0.3 is 11.9 Å². The minimum atomic E-state index is -0.712. The lowest BCUT2D eigenvalue weighted by Gasteiger charge is -2.09. The van der Waals surface area contributed by atoms with E-state index in [1.54, 1.807) is 12.1 Å². The van der Waals surface area contributed by atoms with E-state index in [1.807, 2.05) is 0 Å². The average Bonchev–Trinajstić information content (AvgIpc) is 2.41. The largest absolute Gasteiger partial charge is 0.466 e. The van der Waals surface area contributed by atoms with E-state index in [9.17, 15) is 9.59 Å². The number of rotatable bonds is 4. The van der Waals surface area contributed by atoms with E-state index in [0.717, 1.165) is 6.08 Å². The van der Waals surface area contributed by atoms with Gasteiger partial charge in [-0.2, -0.15) is 0 Å². The Morgan fingerprint density at radius 2 is 1.84 bits per heavy atom. The van der Waals surface area contributed by atoms with Crippen LogP contribution in [0.1, 0.15) is 0 Å². The average molecular weight is 304 g/mol. The van der Waals surface area contributed by atoms with Crippen LogP contribution in [0.2, 0.25) is 10.0 Å². The Morgan fingerprint density at radius 1 is 1.16 bits per heavy atom. The molecule has 0 aliphatic rings. The number of benzene rings is 1. The van der Waals surface area contributed by atoms with Gasteiger partial charge in [0, 0.05) is 5.69 Å². The summed E-state index contributed by atoms with van der Waals surface area (Å²) in [6, 6.07) is 4.67. The van der Waals surface area contributed by atoms with E-state index in [2.05, 4.69) is 14.8 Å². The number of hydrogen-bond acceptors (Lipinski definition) is 5. The number of anilines is 1. The molecule has 19 heavy (non-hydrogen) atoms. The molecule has 1 N–H and O–H groups in total. The zero-order valence-electron chi connectivity index (χ0n) is 10.2. The maximum absolute atomic E-state index is 11.5. The first-order chi connectivity index (χ1) is 8.97. The van der Waals surface area contributed by atoms with E-state index >= 15 is 0 Å². The van der Waals surface area contributed by atoms with Crippen molar-refractivity contribution in [2.45, 2.75) is 0 Å². The van der Waals surface area contributed by atoms with Crippen molar-refractivity contribution < 1.29 is 19.1 Å². The van der Waals surface area contributed by atoms with Crippen LogP contribution in [0.25, 0.3) is 0 Å². The first kappa shape index (κ1) is 15.3. The van der Waals surface area contributed by atoms with Gasteiger partial charge < -0.3 is 14.8 Å². The lowest BCUT2D eigenvalue weighted by molar-refractivity contribution is -0.138. The summed E-state index contributed by atoms with van der Waals surface area (Å²) in [6.07, 6.45) is 0.981. The first-order valence-electron chi connectivity index (χ1n) is 5.08. The first-order valence-corrected chi connectivity index (χ1v) is 5.83. The number of carbonyl (C=O) groups is 2. The van der Waals surface area contributed by atoms with E-state index < -0.39 is 11.9 Å². The van der Waals surface area contributed by atoms with Crippen molar-refractivity contribution in [1.82, 2.24) is 0 Å². The molecular formula is C12H11Cl2NO4. The van der Waals surface area contributed by atoms with Crippen LogP contribution < -0.4 is 5.32 Å². The summed E-state index contributed by atoms with van der Waals surface area (Å²) in [7, 11) is 2.40. The third-order valence-electron chi connectivity index (χ3n) is 2.07. The van der Waals surface area contributed by atoms with Gasteiger partial charge in [0.05, 0.1) is 30.3 Å². The molecular weight excluding hydrogens is 293 g/mol. The number of halogens is 2. The van der Waals surface area contributed by atoms with Crippen LogP contribution in [-0.2, 0) is 19.1 Å². The molecule has 0 atom stereocenters. The molecule has 0 bridgehead atoms. The molecule has 1 aromatic rings. The number of esters is 2. The number of carbonyl (C=O) groups excluding carboxylic acids is 2. The molecule has 5 nitrogen and oxygen atoms in total. The Labute approximate surface area is 120 Å². The molecule has 7 heteroatoms. The maximum atomic E-state index is 11.5. The molecule has 0 aliphatic heterocycles. The Hall–Kier alpha value is -1.72. The minimum Gasteiger partial charge on any atom is -0.466 e. The van der Waals surface area contributed by atoms with Crippen molar-refractivity contribution >= 4 is 40.8 Å². The number of nitrogens with one attached hydrogen (secondary N) is 1. The quantitative estimate of drug-likeness (QED) is 0.684. The second kappa shape index (κ2) is 7.01. The molecule has 0 aromatic heterocycles. The second-order valence-corrected chi connectivity index (χ2v) is 4.14. The third kappa shape index (κ3) is 4.46. The normalized spacial score (nSPS) is 10.8. The van der Waals surface area contributed by atoms with Crippen LogP contribution in [-0.4, -0.2) is 26.2 Å². The summed E-state index contributed by atoms with van der Waals surface area (Å²) in [4.78, 5) is 22.7. The van der Waals surface area contributed by atoms with Crippen molar-refractivity contribution in [3.63, 3.8) is 0 Å². The van der Waals surface area contributed by atoms with Crippen molar-refractivity contribution in [2.75, 3.05) is 19.5 Å². The van der Waals surface area contributed by atoms with E-state index in [4.69, 9.17) is 23.2 Å². The van der Waals surface area contributed by atoms with Gasteiger partial charge in [0.1, 0.15) is 5.70 Å². The fraction of sp³-hybridized carbons (Fsp3) is 0.167. The molecule has 0 amide bonds. The van der Waals surface area contributed by atoms with Gasteiger partial charge in [-0.3, -0.25) is 0 Å². The van der Waals surface area contributed by atoms with Crippen LogP contribution in [0.3, 0.4) is 0 Å². The molecule has 0 spiro atoms. The highest BCUT2D eigenvalue weighted by Crippen LogP contribution is 2.25. The Bertz CT molecular complexity index is 528. The smallest absolute Gasteiger partial charge is 0.354 e. The molecule has 0 heterocycles. The lowest BCUT2D eigenvalue weighted by atomic mass is 10.3. The van der Waals surface area contributed by atoms with Crippen LogP contribution >= 0.6 is 23.2 Å². The molecule has 102 valence electrons. The summed E-state index contributed by atoms with van der Waals surface area (Å²) >= 11 is 11.6. The van der Waals surface area contributed by atoms with Gasteiger partial charge in [-0.1, -0.05) is 23.2 Å². The van der Waals surface area contributed by atoms with Crippen molar-refractivity contribution in [3.05, 3.63) is 40.0 Å². The predicted octanol–water partition coefficient (Wildman–Crippen LogP) is 2.64. The van der Waals surface area contributed by atoms with Gasteiger partial charge in [-0.25, -0.2) is 9.59 Å². The maximum Gasteiger partial charge on any atom is 0.354 e. The molecule has 0 saturated carbocycles. The third-order valence-corrected chi connectivity index (χ3v) is 2.81. The topological polar surface area (TPSA) is 64.6 Å². The molecule has 0 aliphatic carbocycles. The monoisotopic (exact) mass is 303 g/mol. The lowest BCUT2D eigenvalue weighted by Crippen LogP contribution is -2.15. The van der Waals surface area contributed by atoms with Crippen LogP contribution in [0, 0.1) is 0 Å². The van der Waals surface area contributed by atoms with Gasteiger partial charge in [-0.15, -0.1) is 0 Å². The van der Waals surface area contributed by atoms with E-state index in [1.165, 1.54) is 20.3 Å². The van der Waals surface area contributed by atoms with Gasteiger partial charge in [0.25, 0.3) is 0 Å². The molecule has 0 unspecified atom stereocenters. The summed E-state index contributed by atoms with van der Waals surface area (Å²) in [6.45, 7) is 0. The summed E-state index contributed by atoms with van der Waals surface area (Å²) < 4.78 is 8.99. The van der Waals surface area contributed by atoms with E-state index in [-0.39, 0.29) is 5.70 Å². The summed E-state index contributed by atoms with van der Waals surface area (Å²) in [5.41, 5.74) is 0.405. The second-order valence-electron chi connectivity index (χ2n) is 3.33. The number of hydrogen-bond donors (Lipinski definition) is 1. The molecule has 0 radical (unpaired) electrons. The van der Waals surface area contributed by atoms with Crippen molar-refractivity contribution in [1.29, 1.82) is 0 Å². The fourth-order valence-electron chi connectivity index (χ4n) is 1.16. The zero-order chi connectivity index (χ0) is 14.4. The minimum absolute atomic E-state index is 0.0762. The van der Waals surface area contributed by atoms with Crippen molar-refractivity contribution in [2.24, 2.45) is 0 Å².